The van der Waals surface area contributed by atoms with Gasteiger partial charge in [-0.2, -0.15) is 0 Å². The first kappa shape index (κ1) is 15.7. The number of ether oxygens (including phenoxy) is 2. The van der Waals surface area contributed by atoms with E-state index in [1.54, 1.807) is 19.2 Å². The summed E-state index contributed by atoms with van der Waals surface area (Å²) in [7, 11) is 1.63. The van der Waals surface area contributed by atoms with Crippen LogP contribution in [0.1, 0.15) is 43.5 Å². The van der Waals surface area contributed by atoms with E-state index in [-0.39, 0.29) is 12.1 Å². The molecule has 0 spiro atoms. The number of hydrogen-bond donors (Lipinski definition) is 0. The van der Waals surface area contributed by atoms with Gasteiger partial charge in [0.2, 0.25) is 0 Å². The molecule has 0 aliphatic heterocycles. The van der Waals surface area contributed by atoms with E-state index in [0.717, 1.165) is 19.3 Å². The highest BCUT2D eigenvalue weighted by Crippen LogP contribution is 2.13. The van der Waals surface area contributed by atoms with Gasteiger partial charge in [0.25, 0.3) is 0 Å². The third-order valence-corrected chi connectivity index (χ3v) is 2.94. The molecule has 3 heteroatoms. The minimum atomic E-state index is -0.271. The van der Waals surface area contributed by atoms with Gasteiger partial charge in [0, 0.05) is 7.11 Å². The van der Waals surface area contributed by atoms with Crippen molar-refractivity contribution in [1.29, 1.82) is 0 Å². The largest absolute Gasteiger partial charge is 0.456 e. The highest BCUT2D eigenvalue weighted by atomic mass is 16.6. The first-order valence-electron chi connectivity index (χ1n) is 6.88. The van der Waals surface area contributed by atoms with Crippen molar-refractivity contribution in [1.82, 2.24) is 0 Å². The molecule has 0 aromatic heterocycles. The number of benzene rings is 1. The first-order chi connectivity index (χ1) is 9.13. The third kappa shape index (κ3) is 6.39. The molecule has 1 unspecified atom stereocenters. The molecule has 0 N–H and O–H groups in total. The van der Waals surface area contributed by atoms with Crippen molar-refractivity contribution in [2.24, 2.45) is 5.92 Å². The van der Waals surface area contributed by atoms with E-state index < -0.39 is 0 Å². The Morgan fingerprint density at radius 3 is 2.42 bits per heavy atom. The second-order valence-electron chi connectivity index (χ2n) is 5.17. The van der Waals surface area contributed by atoms with Gasteiger partial charge in [0.05, 0.1) is 12.2 Å². The Hall–Kier alpha value is -1.35. The Morgan fingerprint density at radius 2 is 1.84 bits per heavy atom. The molecule has 1 aromatic carbocycles. The summed E-state index contributed by atoms with van der Waals surface area (Å²) in [5, 5.41) is 0. The third-order valence-electron chi connectivity index (χ3n) is 2.94. The fourth-order valence-corrected chi connectivity index (χ4v) is 1.91. The van der Waals surface area contributed by atoms with Gasteiger partial charge in [-0.15, -0.1) is 0 Å². The molecule has 1 atom stereocenters. The second-order valence-corrected chi connectivity index (χ2v) is 5.17. The van der Waals surface area contributed by atoms with Crippen LogP contribution in [-0.2, 0) is 9.47 Å². The fourth-order valence-electron chi connectivity index (χ4n) is 1.91. The highest BCUT2D eigenvalue weighted by molar-refractivity contribution is 5.89. The van der Waals surface area contributed by atoms with Gasteiger partial charge in [0.1, 0.15) is 6.10 Å². The van der Waals surface area contributed by atoms with E-state index in [4.69, 9.17) is 9.47 Å². The smallest absolute Gasteiger partial charge is 0.338 e. The first-order valence-corrected chi connectivity index (χ1v) is 6.88. The summed E-state index contributed by atoms with van der Waals surface area (Å²) in [6.45, 7) is 4.85. The molecule has 0 amide bonds. The molecule has 0 aliphatic carbocycles. The highest BCUT2D eigenvalue weighted by Gasteiger charge is 2.15. The molecular weight excluding hydrogens is 240 g/mol. The number of esters is 1. The lowest BCUT2D eigenvalue weighted by atomic mass is 10.0. The van der Waals surface area contributed by atoms with Gasteiger partial charge in [-0.1, -0.05) is 38.5 Å². The van der Waals surface area contributed by atoms with Crippen LogP contribution in [0.15, 0.2) is 30.3 Å². The summed E-state index contributed by atoms with van der Waals surface area (Å²) in [6, 6.07) is 9.08. The van der Waals surface area contributed by atoms with E-state index in [2.05, 4.69) is 13.8 Å². The quantitative estimate of drug-likeness (QED) is 0.672. The molecule has 0 fully saturated rings. The second kappa shape index (κ2) is 8.70. The maximum absolute atomic E-state index is 11.9. The molecule has 1 rings (SSSR count). The van der Waals surface area contributed by atoms with Crippen LogP contribution >= 0.6 is 0 Å². The average molecular weight is 264 g/mol. The van der Waals surface area contributed by atoms with Crippen molar-refractivity contribution < 1.29 is 14.3 Å². The Bertz CT molecular complexity index is 360. The molecule has 0 aliphatic rings. The molecule has 3 nitrogen and oxygen atoms in total. The molecule has 0 saturated carbocycles. The lowest BCUT2D eigenvalue weighted by molar-refractivity contribution is 0.00219. The fraction of sp³-hybridized carbons (Fsp3) is 0.562. The average Bonchev–Trinajstić information content (AvgIpc) is 2.39. The van der Waals surface area contributed by atoms with Crippen molar-refractivity contribution >= 4 is 5.97 Å². The minimum Gasteiger partial charge on any atom is -0.456 e. The molecular formula is C16H24O3. The molecule has 0 radical (unpaired) electrons. The number of hydrogen-bond acceptors (Lipinski definition) is 3. The predicted molar refractivity (Wildman–Crippen MR) is 76.2 cm³/mol. The molecule has 19 heavy (non-hydrogen) atoms. The van der Waals surface area contributed by atoms with Gasteiger partial charge in [-0.3, -0.25) is 0 Å². The lowest BCUT2D eigenvalue weighted by Crippen LogP contribution is -2.23. The van der Waals surface area contributed by atoms with E-state index in [0.29, 0.717) is 18.1 Å². The van der Waals surface area contributed by atoms with E-state index >= 15 is 0 Å². The normalized spacial score (nSPS) is 12.4. The van der Waals surface area contributed by atoms with Crippen LogP contribution < -0.4 is 0 Å². The monoisotopic (exact) mass is 264 g/mol. The van der Waals surface area contributed by atoms with Crippen molar-refractivity contribution in [3.8, 4) is 0 Å². The predicted octanol–water partition coefficient (Wildman–Crippen LogP) is 3.68. The molecule has 0 saturated heterocycles. The van der Waals surface area contributed by atoms with Crippen molar-refractivity contribution in [2.45, 2.75) is 39.2 Å². The van der Waals surface area contributed by atoms with Crippen LogP contribution in [0.2, 0.25) is 0 Å². The summed E-state index contributed by atoms with van der Waals surface area (Å²) in [6.07, 6.45) is 2.89. The van der Waals surface area contributed by atoms with Crippen LogP contribution in [0.25, 0.3) is 0 Å². The van der Waals surface area contributed by atoms with E-state index in [1.807, 2.05) is 18.2 Å². The molecule has 0 bridgehead atoms. The van der Waals surface area contributed by atoms with Gasteiger partial charge in [-0.05, 0) is 30.9 Å². The van der Waals surface area contributed by atoms with E-state index in [9.17, 15) is 4.79 Å². The Morgan fingerprint density at radius 1 is 1.16 bits per heavy atom. The zero-order chi connectivity index (χ0) is 14.1. The van der Waals surface area contributed by atoms with Crippen LogP contribution in [0.4, 0.5) is 0 Å². The van der Waals surface area contributed by atoms with Crippen LogP contribution in [0, 0.1) is 5.92 Å². The van der Waals surface area contributed by atoms with Crippen molar-refractivity contribution in [3.05, 3.63) is 35.9 Å². The summed E-state index contributed by atoms with van der Waals surface area (Å²) < 4.78 is 10.6. The minimum absolute atomic E-state index is 0.156. The summed E-state index contributed by atoms with van der Waals surface area (Å²) in [5.41, 5.74) is 0.590. The zero-order valence-corrected chi connectivity index (χ0v) is 12.1. The summed E-state index contributed by atoms with van der Waals surface area (Å²) >= 11 is 0. The Balaban J connectivity index is 2.46. The van der Waals surface area contributed by atoms with Crippen molar-refractivity contribution in [3.63, 3.8) is 0 Å². The number of carbonyl (C=O) groups is 1. The zero-order valence-electron chi connectivity index (χ0n) is 12.1. The molecule has 1 aromatic rings. The maximum Gasteiger partial charge on any atom is 0.338 e. The number of methoxy groups -OCH3 is 1. The topological polar surface area (TPSA) is 35.5 Å². The van der Waals surface area contributed by atoms with Crippen LogP contribution in [0.3, 0.4) is 0 Å². The van der Waals surface area contributed by atoms with Crippen LogP contribution in [0.5, 0.6) is 0 Å². The SMILES string of the molecule is COCC(CCCC(C)C)OC(=O)c1ccccc1. The van der Waals surface area contributed by atoms with E-state index in [1.165, 1.54) is 0 Å². The number of rotatable bonds is 8. The lowest BCUT2D eigenvalue weighted by Gasteiger charge is -2.17. The standard InChI is InChI=1S/C16H24O3/c1-13(2)8-7-11-15(12-18-3)19-16(17)14-9-5-4-6-10-14/h4-6,9-10,13,15H,7-8,11-12H2,1-3H3. The number of carbonyl (C=O) groups excluding carboxylic acids is 1. The maximum atomic E-state index is 11.9. The van der Waals surface area contributed by atoms with Gasteiger partial charge < -0.3 is 9.47 Å². The molecule has 0 heterocycles. The van der Waals surface area contributed by atoms with Gasteiger partial charge in [-0.25, -0.2) is 4.79 Å². The summed E-state index contributed by atoms with van der Waals surface area (Å²) in [4.78, 5) is 11.9. The Kier molecular flexibility index (Phi) is 7.19. The van der Waals surface area contributed by atoms with Gasteiger partial charge in [0.15, 0.2) is 0 Å². The van der Waals surface area contributed by atoms with Crippen molar-refractivity contribution in [2.75, 3.05) is 13.7 Å². The van der Waals surface area contributed by atoms with Gasteiger partial charge >= 0.3 is 5.97 Å². The Labute approximate surface area is 115 Å². The van der Waals surface area contributed by atoms with Crippen LogP contribution in [-0.4, -0.2) is 25.8 Å². The summed E-state index contributed by atoms with van der Waals surface area (Å²) in [5.74, 6) is 0.403. The molecule has 106 valence electrons.